The minimum atomic E-state index is -0.856. The summed E-state index contributed by atoms with van der Waals surface area (Å²) in [5.74, 6) is -1.03. The predicted octanol–water partition coefficient (Wildman–Crippen LogP) is 3.29. The van der Waals surface area contributed by atoms with Crippen LogP contribution in [0.1, 0.15) is 41.0 Å². The van der Waals surface area contributed by atoms with Gasteiger partial charge in [-0.3, -0.25) is 15.6 Å². The zero-order valence-electron chi connectivity index (χ0n) is 14.6. The van der Waals surface area contributed by atoms with Crippen molar-refractivity contribution in [1.29, 1.82) is 10.8 Å². The fourth-order valence-electron chi connectivity index (χ4n) is 2.75. The van der Waals surface area contributed by atoms with E-state index < -0.39 is 5.97 Å². The third kappa shape index (κ3) is 7.29. The standard InChI is InChI=1S/C19H22N4O2.2ClH/c20-18(21)13-7-4-12(5-8-13)6-9-15(11-17(24)25)14-2-1-3-16(10-14)19(22)23;;/h1-5,7-8,10,15H,6,9,11H2,(H3,20,21)(H3,22,23)(H,24,25);2*1H. The molecular formula is C19H24Cl2N4O2. The fourth-order valence-corrected chi connectivity index (χ4v) is 2.75. The second kappa shape index (κ2) is 11.2. The third-order valence-electron chi connectivity index (χ3n) is 4.14. The van der Waals surface area contributed by atoms with Crippen molar-refractivity contribution in [2.45, 2.75) is 25.2 Å². The minimum absolute atomic E-state index is 0. The molecule has 8 heteroatoms. The third-order valence-corrected chi connectivity index (χ3v) is 4.14. The zero-order chi connectivity index (χ0) is 18.4. The van der Waals surface area contributed by atoms with E-state index in [9.17, 15) is 9.90 Å². The van der Waals surface area contributed by atoms with Crippen LogP contribution < -0.4 is 11.5 Å². The minimum Gasteiger partial charge on any atom is -0.481 e. The Morgan fingerprint density at radius 1 is 0.963 bits per heavy atom. The zero-order valence-corrected chi connectivity index (χ0v) is 16.3. The van der Waals surface area contributed by atoms with E-state index in [0.29, 0.717) is 24.0 Å². The number of aliphatic carboxylic acids is 1. The Labute approximate surface area is 170 Å². The molecule has 0 aliphatic heterocycles. The van der Waals surface area contributed by atoms with Gasteiger partial charge in [0.2, 0.25) is 0 Å². The molecule has 0 spiro atoms. The highest BCUT2D eigenvalue weighted by Crippen LogP contribution is 2.26. The van der Waals surface area contributed by atoms with Crippen molar-refractivity contribution in [3.05, 3.63) is 70.8 Å². The Morgan fingerprint density at radius 2 is 1.56 bits per heavy atom. The number of carbonyl (C=O) groups is 1. The Morgan fingerprint density at radius 3 is 2.07 bits per heavy atom. The first-order valence-corrected chi connectivity index (χ1v) is 7.96. The highest BCUT2D eigenvalue weighted by molar-refractivity contribution is 5.95. The number of carboxylic acid groups (broad SMARTS) is 1. The number of nitrogens with one attached hydrogen (secondary N) is 2. The highest BCUT2D eigenvalue weighted by atomic mass is 35.5. The number of halogens is 2. The van der Waals surface area contributed by atoms with Gasteiger partial charge in [0.25, 0.3) is 0 Å². The number of hydrogen-bond acceptors (Lipinski definition) is 3. The molecule has 0 saturated carbocycles. The van der Waals surface area contributed by atoms with E-state index in [1.807, 2.05) is 18.2 Å². The first kappa shape index (κ1) is 24.4. The lowest BCUT2D eigenvalue weighted by atomic mass is 9.88. The van der Waals surface area contributed by atoms with Crippen molar-refractivity contribution in [2.75, 3.05) is 0 Å². The van der Waals surface area contributed by atoms with E-state index in [0.717, 1.165) is 11.1 Å². The Bertz CT molecular complexity index is 795. The summed E-state index contributed by atoms with van der Waals surface area (Å²) in [6.45, 7) is 0. The molecule has 1 unspecified atom stereocenters. The van der Waals surface area contributed by atoms with Crippen LogP contribution in [0.2, 0.25) is 0 Å². The lowest BCUT2D eigenvalue weighted by molar-refractivity contribution is -0.137. The Hall–Kier alpha value is -2.57. The van der Waals surface area contributed by atoms with E-state index >= 15 is 0 Å². The van der Waals surface area contributed by atoms with E-state index in [2.05, 4.69) is 0 Å². The maximum Gasteiger partial charge on any atom is 0.303 e. The molecule has 0 bridgehead atoms. The van der Waals surface area contributed by atoms with Gasteiger partial charge in [-0.2, -0.15) is 0 Å². The molecular weight excluding hydrogens is 387 g/mol. The van der Waals surface area contributed by atoms with Crippen LogP contribution in [0.5, 0.6) is 0 Å². The molecule has 146 valence electrons. The maximum atomic E-state index is 11.2. The van der Waals surface area contributed by atoms with Crippen LogP contribution >= 0.6 is 24.8 Å². The van der Waals surface area contributed by atoms with Gasteiger partial charge in [0.05, 0.1) is 6.42 Å². The lowest BCUT2D eigenvalue weighted by Crippen LogP contribution is -2.13. The van der Waals surface area contributed by atoms with Crippen molar-refractivity contribution in [3.63, 3.8) is 0 Å². The van der Waals surface area contributed by atoms with Gasteiger partial charge < -0.3 is 16.6 Å². The highest BCUT2D eigenvalue weighted by Gasteiger charge is 2.16. The van der Waals surface area contributed by atoms with Crippen LogP contribution in [0.15, 0.2) is 48.5 Å². The molecule has 27 heavy (non-hydrogen) atoms. The summed E-state index contributed by atoms with van der Waals surface area (Å²) in [5, 5.41) is 24.2. The predicted molar refractivity (Wildman–Crippen MR) is 113 cm³/mol. The number of nitrogen functional groups attached to an aromatic ring is 2. The van der Waals surface area contributed by atoms with Gasteiger partial charge in [0.15, 0.2) is 0 Å². The first-order valence-electron chi connectivity index (χ1n) is 7.96. The van der Waals surface area contributed by atoms with Crippen molar-refractivity contribution in [2.24, 2.45) is 11.5 Å². The molecule has 0 radical (unpaired) electrons. The number of amidine groups is 2. The van der Waals surface area contributed by atoms with Crippen molar-refractivity contribution in [1.82, 2.24) is 0 Å². The molecule has 0 amide bonds. The van der Waals surface area contributed by atoms with Crippen molar-refractivity contribution in [3.8, 4) is 0 Å². The molecule has 1 atom stereocenters. The molecule has 0 saturated heterocycles. The lowest BCUT2D eigenvalue weighted by Gasteiger charge is -2.16. The van der Waals surface area contributed by atoms with Gasteiger partial charge in [-0.1, -0.05) is 42.5 Å². The smallest absolute Gasteiger partial charge is 0.303 e. The summed E-state index contributed by atoms with van der Waals surface area (Å²) in [7, 11) is 0. The summed E-state index contributed by atoms with van der Waals surface area (Å²) in [5.41, 5.74) is 14.2. The first-order chi connectivity index (χ1) is 11.9. The van der Waals surface area contributed by atoms with Crippen LogP contribution in [0.3, 0.4) is 0 Å². The molecule has 2 rings (SSSR count). The topological polar surface area (TPSA) is 137 Å². The number of rotatable bonds is 8. The normalized spacial score (nSPS) is 10.8. The van der Waals surface area contributed by atoms with E-state index in [1.165, 1.54) is 0 Å². The monoisotopic (exact) mass is 410 g/mol. The molecule has 7 N–H and O–H groups in total. The molecule has 2 aromatic carbocycles. The molecule has 6 nitrogen and oxygen atoms in total. The second-order valence-corrected chi connectivity index (χ2v) is 5.98. The van der Waals surface area contributed by atoms with E-state index in [4.69, 9.17) is 22.3 Å². The van der Waals surface area contributed by atoms with Gasteiger partial charge in [-0.05, 0) is 36.0 Å². The Balaban J connectivity index is 0.00000338. The maximum absolute atomic E-state index is 11.2. The molecule has 0 aliphatic carbocycles. The van der Waals surface area contributed by atoms with Crippen LogP contribution in [0, 0.1) is 10.8 Å². The van der Waals surface area contributed by atoms with E-state index in [1.54, 1.807) is 30.3 Å². The summed E-state index contributed by atoms with van der Waals surface area (Å²) in [6.07, 6.45) is 1.39. The van der Waals surface area contributed by atoms with Crippen LogP contribution in [0.4, 0.5) is 0 Å². The number of hydrogen-bond donors (Lipinski definition) is 5. The largest absolute Gasteiger partial charge is 0.481 e. The average Bonchev–Trinajstić information content (AvgIpc) is 2.58. The molecule has 0 aromatic heterocycles. The molecule has 0 aliphatic rings. The quantitative estimate of drug-likeness (QED) is 0.336. The number of carboxylic acids is 1. The second-order valence-electron chi connectivity index (χ2n) is 5.98. The van der Waals surface area contributed by atoms with Gasteiger partial charge in [0, 0.05) is 11.1 Å². The summed E-state index contributed by atoms with van der Waals surface area (Å²) >= 11 is 0. The van der Waals surface area contributed by atoms with Gasteiger partial charge >= 0.3 is 5.97 Å². The van der Waals surface area contributed by atoms with Crippen LogP contribution in [0.25, 0.3) is 0 Å². The number of benzene rings is 2. The summed E-state index contributed by atoms with van der Waals surface area (Å²) in [4.78, 5) is 11.2. The summed E-state index contributed by atoms with van der Waals surface area (Å²) < 4.78 is 0. The van der Waals surface area contributed by atoms with Crippen LogP contribution in [-0.4, -0.2) is 22.7 Å². The number of aryl methyl sites for hydroxylation is 1. The molecule has 2 aromatic rings. The van der Waals surface area contributed by atoms with Gasteiger partial charge in [0.1, 0.15) is 11.7 Å². The van der Waals surface area contributed by atoms with Crippen molar-refractivity contribution >= 4 is 42.5 Å². The molecule has 0 heterocycles. The van der Waals surface area contributed by atoms with Crippen molar-refractivity contribution < 1.29 is 9.90 Å². The van der Waals surface area contributed by atoms with E-state index in [-0.39, 0.29) is 48.8 Å². The van der Waals surface area contributed by atoms with Gasteiger partial charge in [-0.15, -0.1) is 24.8 Å². The SMILES string of the molecule is Cl.Cl.N=C(N)c1ccc(CCC(CC(=O)O)c2cccc(C(=N)N)c2)cc1. The number of nitrogens with two attached hydrogens (primary N) is 2. The molecule has 0 fully saturated rings. The average molecular weight is 411 g/mol. The fraction of sp³-hybridized carbons (Fsp3) is 0.211. The van der Waals surface area contributed by atoms with Gasteiger partial charge in [-0.25, -0.2) is 0 Å². The van der Waals surface area contributed by atoms with Crippen LogP contribution in [-0.2, 0) is 11.2 Å². The Kier molecular flexibility index (Phi) is 10.1. The summed E-state index contributed by atoms with van der Waals surface area (Å²) in [6, 6.07) is 14.6.